The molecule has 0 aromatic carbocycles. The zero-order valence-electron chi connectivity index (χ0n) is 9.29. The first-order valence-corrected chi connectivity index (χ1v) is 4.40. The number of carbonyl (C=O) groups excluding carboxylic acids is 2. The minimum Gasteiger partial charge on any atom is -0.548 e. The molecule has 0 aliphatic rings. The number of carboxylic acids is 2. The number of hydrogen-bond acceptors (Lipinski definition) is 8. The first kappa shape index (κ1) is 21.6. The number of hydrogen-bond donors (Lipinski definition) is 4. The van der Waals surface area contributed by atoms with Crippen molar-refractivity contribution in [1.29, 1.82) is 0 Å². The molecule has 105 valence electrons. The number of rotatable bonds is 4. The predicted octanol–water partition coefficient (Wildman–Crippen LogP) is -5.11. The molecule has 0 spiro atoms. The van der Waals surface area contributed by atoms with E-state index < -0.39 is 36.2 Å². The van der Waals surface area contributed by atoms with E-state index in [1.165, 1.54) is 13.8 Å². The van der Waals surface area contributed by atoms with Crippen molar-refractivity contribution in [1.82, 2.24) is 0 Å². The number of aliphatic carboxylic acids is 2. The molecule has 0 saturated carbocycles. The second-order valence-electron chi connectivity index (χ2n) is 3.17. The Balaban J connectivity index is -0.000000218. The average molecular weight is 300 g/mol. The van der Waals surface area contributed by atoms with Crippen LogP contribution < -0.4 is 21.7 Å². The van der Waals surface area contributed by atoms with Gasteiger partial charge in [0.15, 0.2) is 0 Å². The summed E-state index contributed by atoms with van der Waals surface area (Å²) in [6.07, 6.45) is -2.08. The molecule has 1 radical (unpaired) electrons. The summed E-state index contributed by atoms with van der Waals surface area (Å²) in [5, 5.41) is 36.4. The summed E-state index contributed by atoms with van der Waals surface area (Å²) in [7, 11) is 0. The molecule has 0 aromatic rings. The summed E-state index contributed by atoms with van der Waals surface area (Å²) in [5.41, 5.74) is 9.69. The Hall–Kier alpha value is -0.701. The van der Waals surface area contributed by atoms with Gasteiger partial charge in [0.25, 0.3) is 0 Å². The van der Waals surface area contributed by atoms with Crippen molar-refractivity contribution in [2.24, 2.45) is 11.5 Å². The van der Waals surface area contributed by atoms with Gasteiger partial charge in [-0.25, -0.2) is 0 Å². The van der Waals surface area contributed by atoms with Crippen molar-refractivity contribution in [3.05, 3.63) is 0 Å². The second-order valence-corrected chi connectivity index (χ2v) is 3.17. The normalized spacial score (nSPS) is 16.4. The number of aliphatic hydroxyl groups excluding tert-OH is 2. The molecule has 0 rings (SSSR count). The molecule has 0 heterocycles. The van der Waals surface area contributed by atoms with Crippen LogP contribution in [0.15, 0.2) is 0 Å². The van der Waals surface area contributed by atoms with Gasteiger partial charge in [-0.3, -0.25) is 0 Å². The maximum Gasteiger partial charge on any atom is 2.00 e. The van der Waals surface area contributed by atoms with Crippen molar-refractivity contribution >= 4 is 11.9 Å². The van der Waals surface area contributed by atoms with Gasteiger partial charge in [0.2, 0.25) is 0 Å². The molecule has 0 saturated heterocycles. The van der Waals surface area contributed by atoms with Gasteiger partial charge in [-0.05, 0) is 13.8 Å². The largest absolute Gasteiger partial charge is 2.00 e. The number of carbonyl (C=O) groups is 2. The molecule has 0 unspecified atom stereocenters. The Kier molecular flexibility index (Phi) is 13.3. The van der Waals surface area contributed by atoms with Crippen LogP contribution in [0.2, 0.25) is 0 Å². The van der Waals surface area contributed by atoms with E-state index in [9.17, 15) is 19.8 Å². The van der Waals surface area contributed by atoms with Crippen LogP contribution in [0.1, 0.15) is 13.8 Å². The molecule has 6 N–H and O–H groups in total. The topological polar surface area (TPSA) is 173 Å². The van der Waals surface area contributed by atoms with Gasteiger partial charge in [-0.2, -0.15) is 0 Å². The fraction of sp³-hybridized carbons (Fsp3) is 0.750. The molecule has 0 bridgehead atoms. The fourth-order valence-electron chi connectivity index (χ4n) is 0.394. The molecule has 0 amide bonds. The maximum atomic E-state index is 9.74. The Labute approximate surface area is 109 Å². The van der Waals surface area contributed by atoms with Crippen LogP contribution in [-0.4, -0.2) is 46.4 Å². The molecule has 8 nitrogen and oxygen atoms in total. The molecule has 9 heteroatoms. The molecule has 0 aromatic heterocycles. The monoisotopic (exact) mass is 299 g/mol. The van der Waals surface area contributed by atoms with Crippen LogP contribution in [0.3, 0.4) is 0 Å². The van der Waals surface area contributed by atoms with Gasteiger partial charge < -0.3 is 41.5 Å². The summed E-state index contributed by atoms with van der Waals surface area (Å²) in [6, 6.07) is -2.54. The second kappa shape index (κ2) is 10.5. The SMILES string of the molecule is C[C@H](O)[C@@H](N)C(=O)[O-].C[C@H](O)[C@@H](N)C(=O)[O-].[Cu+2]. The van der Waals surface area contributed by atoms with Gasteiger partial charge in [-0.15, -0.1) is 0 Å². The Bertz CT molecular complexity index is 212. The summed E-state index contributed by atoms with van der Waals surface area (Å²) in [5.74, 6) is -2.86. The molecular formula is C8H16CuN2O6. The van der Waals surface area contributed by atoms with Crippen LogP contribution in [0.25, 0.3) is 0 Å². The third kappa shape index (κ3) is 11.6. The molecule has 17 heavy (non-hydrogen) atoms. The first-order chi connectivity index (χ1) is 7.11. The summed E-state index contributed by atoms with van der Waals surface area (Å²) < 4.78 is 0. The summed E-state index contributed by atoms with van der Waals surface area (Å²) in [6.45, 7) is 2.58. The molecule has 4 atom stereocenters. The third-order valence-electron chi connectivity index (χ3n) is 1.58. The Morgan fingerprint density at radius 1 is 0.941 bits per heavy atom. The Morgan fingerprint density at radius 2 is 1.12 bits per heavy atom. The van der Waals surface area contributed by atoms with Gasteiger partial charge >= 0.3 is 17.1 Å². The predicted molar refractivity (Wildman–Crippen MR) is 49.3 cm³/mol. The van der Waals surface area contributed by atoms with E-state index in [4.69, 9.17) is 21.7 Å². The van der Waals surface area contributed by atoms with Gasteiger partial charge in [-0.1, -0.05) is 0 Å². The van der Waals surface area contributed by atoms with Crippen molar-refractivity contribution in [3.63, 3.8) is 0 Å². The summed E-state index contributed by atoms with van der Waals surface area (Å²) >= 11 is 0. The third-order valence-corrected chi connectivity index (χ3v) is 1.58. The van der Waals surface area contributed by atoms with E-state index in [1.54, 1.807) is 0 Å². The molecular weight excluding hydrogens is 284 g/mol. The number of aliphatic hydroxyl groups is 2. The Morgan fingerprint density at radius 3 is 1.12 bits per heavy atom. The quantitative estimate of drug-likeness (QED) is 0.373. The standard InChI is InChI=1S/2C4H9NO3.Cu/c2*1-2(6)3(5)4(7)8;/h2*2-3,6H,5H2,1H3,(H,7,8);/q;;+2/p-2/t2*2-,3+;/m00./s1. The van der Waals surface area contributed by atoms with E-state index in [2.05, 4.69) is 0 Å². The maximum absolute atomic E-state index is 9.74. The van der Waals surface area contributed by atoms with Gasteiger partial charge in [0.1, 0.15) is 0 Å². The van der Waals surface area contributed by atoms with Crippen molar-refractivity contribution in [2.45, 2.75) is 38.1 Å². The van der Waals surface area contributed by atoms with Crippen LogP contribution in [0.5, 0.6) is 0 Å². The smallest absolute Gasteiger partial charge is 0.548 e. The van der Waals surface area contributed by atoms with E-state index >= 15 is 0 Å². The van der Waals surface area contributed by atoms with Crippen LogP contribution in [0, 0.1) is 0 Å². The zero-order chi connectivity index (χ0) is 13.5. The summed E-state index contributed by atoms with van der Waals surface area (Å²) in [4.78, 5) is 19.5. The van der Waals surface area contributed by atoms with E-state index in [0.29, 0.717) is 0 Å². The first-order valence-electron chi connectivity index (χ1n) is 4.40. The molecule has 0 aliphatic carbocycles. The van der Waals surface area contributed by atoms with Crippen molar-refractivity contribution < 1.29 is 47.1 Å². The minimum absolute atomic E-state index is 0. The van der Waals surface area contributed by atoms with Crippen molar-refractivity contribution in [3.8, 4) is 0 Å². The average Bonchev–Trinajstić information content (AvgIpc) is 2.15. The fourth-order valence-corrected chi connectivity index (χ4v) is 0.394. The van der Waals surface area contributed by atoms with E-state index in [1.807, 2.05) is 0 Å². The van der Waals surface area contributed by atoms with Crippen LogP contribution in [-0.2, 0) is 26.7 Å². The van der Waals surface area contributed by atoms with E-state index in [0.717, 1.165) is 0 Å². The van der Waals surface area contributed by atoms with Crippen molar-refractivity contribution in [2.75, 3.05) is 0 Å². The molecule has 0 fully saturated rings. The zero-order valence-corrected chi connectivity index (χ0v) is 10.2. The van der Waals surface area contributed by atoms with Crippen LogP contribution >= 0.6 is 0 Å². The number of carboxylic acid groups (broad SMARTS) is 2. The molecule has 0 aliphatic heterocycles. The van der Waals surface area contributed by atoms with E-state index in [-0.39, 0.29) is 17.1 Å². The van der Waals surface area contributed by atoms with Crippen LogP contribution in [0.4, 0.5) is 0 Å². The van der Waals surface area contributed by atoms with Gasteiger partial charge in [0, 0.05) is 0 Å². The minimum atomic E-state index is -1.43. The number of nitrogens with two attached hydrogens (primary N) is 2. The van der Waals surface area contributed by atoms with Gasteiger partial charge in [0.05, 0.1) is 36.2 Å².